The summed E-state index contributed by atoms with van der Waals surface area (Å²) in [7, 11) is 2.96. The quantitative estimate of drug-likeness (QED) is 0.597. The van der Waals surface area contributed by atoms with Gasteiger partial charge in [-0.05, 0) is 24.1 Å². The fourth-order valence-corrected chi connectivity index (χ4v) is 2.62. The van der Waals surface area contributed by atoms with Crippen LogP contribution in [-0.4, -0.2) is 39.2 Å². The largest absolute Gasteiger partial charge is 0.497 e. The van der Waals surface area contributed by atoms with Crippen LogP contribution < -0.4 is 9.47 Å². The molecule has 2 rings (SSSR count). The minimum Gasteiger partial charge on any atom is -0.497 e. The third kappa shape index (κ3) is 5.82. The van der Waals surface area contributed by atoms with Gasteiger partial charge in [-0.15, -0.1) is 0 Å². The van der Waals surface area contributed by atoms with Crippen LogP contribution in [0, 0.1) is 0 Å². The fourth-order valence-electron chi connectivity index (χ4n) is 2.62. The van der Waals surface area contributed by atoms with E-state index in [0.717, 1.165) is 5.56 Å². The minimum atomic E-state index is -0.537. The van der Waals surface area contributed by atoms with Gasteiger partial charge >= 0.3 is 5.97 Å². The highest BCUT2D eigenvalue weighted by Crippen LogP contribution is 2.30. The first kappa shape index (κ1) is 20.5. The molecule has 0 aliphatic rings. The molecule has 0 saturated heterocycles. The first-order chi connectivity index (χ1) is 13.1. The summed E-state index contributed by atoms with van der Waals surface area (Å²) in [6.07, 6.45) is 0.0104. The van der Waals surface area contributed by atoms with Crippen molar-refractivity contribution >= 4 is 11.8 Å². The maximum Gasteiger partial charge on any atom is 0.342 e. The van der Waals surface area contributed by atoms with Crippen molar-refractivity contribution in [2.75, 3.05) is 27.4 Å². The van der Waals surface area contributed by atoms with Gasteiger partial charge in [-0.3, -0.25) is 4.79 Å². The van der Waals surface area contributed by atoms with Gasteiger partial charge < -0.3 is 18.9 Å². The van der Waals surface area contributed by atoms with E-state index in [-0.39, 0.29) is 31.0 Å². The molecular formula is C21H24O6. The van der Waals surface area contributed by atoms with Gasteiger partial charge in [0.25, 0.3) is 0 Å². The molecule has 0 atom stereocenters. The number of esters is 1. The second kappa shape index (κ2) is 10.3. The number of ether oxygens (including phenoxy) is 4. The zero-order valence-corrected chi connectivity index (χ0v) is 15.8. The van der Waals surface area contributed by atoms with E-state index in [1.807, 2.05) is 30.3 Å². The molecule has 0 unspecified atom stereocenters. The first-order valence-electron chi connectivity index (χ1n) is 8.64. The summed E-state index contributed by atoms with van der Waals surface area (Å²) < 4.78 is 21.1. The Labute approximate surface area is 159 Å². The summed E-state index contributed by atoms with van der Waals surface area (Å²) in [5.74, 6) is 0.102. The summed E-state index contributed by atoms with van der Waals surface area (Å²) in [6.45, 7) is 2.23. The Hall–Kier alpha value is -2.86. The Bertz CT molecular complexity index is 770. The van der Waals surface area contributed by atoms with E-state index in [1.165, 1.54) is 14.2 Å². The van der Waals surface area contributed by atoms with E-state index in [0.29, 0.717) is 23.7 Å². The van der Waals surface area contributed by atoms with Gasteiger partial charge in [0.1, 0.15) is 23.7 Å². The molecule has 2 aromatic rings. The number of benzene rings is 2. The molecule has 27 heavy (non-hydrogen) atoms. The van der Waals surface area contributed by atoms with Crippen LogP contribution in [0.25, 0.3) is 0 Å². The molecule has 0 radical (unpaired) electrons. The SMILES string of the molecule is CCOC(=O)c1c(CC(=O)COCc2ccccc2)cc(OC)cc1OC. The lowest BCUT2D eigenvalue weighted by molar-refractivity contribution is -0.123. The Balaban J connectivity index is 2.12. The van der Waals surface area contributed by atoms with Crippen molar-refractivity contribution in [3.8, 4) is 11.5 Å². The van der Waals surface area contributed by atoms with Gasteiger partial charge in [0, 0.05) is 12.5 Å². The van der Waals surface area contributed by atoms with Crippen LogP contribution in [0.3, 0.4) is 0 Å². The van der Waals surface area contributed by atoms with Gasteiger partial charge in [0.2, 0.25) is 0 Å². The van der Waals surface area contributed by atoms with Crippen LogP contribution in [0.2, 0.25) is 0 Å². The number of rotatable bonds is 10. The molecule has 0 aliphatic carbocycles. The minimum absolute atomic E-state index is 0.0104. The Morgan fingerprint density at radius 3 is 2.37 bits per heavy atom. The van der Waals surface area contributed by atoms with E-state index in [9.17, 15) is 9.59 Å². The molecular weight excluding hydrogens is 348 g/mol. The second-order valence-electron chi connectivity index (χ2n) is 5.78. The van der Waals surface area contributed by atoms with E-state index in [1.54, 1.807) is 19.1 Å². The number of ketones is 1. The third-order valence-electron chi connectivity index (χ3n) is 3.85. The number of hydrogen-bond acceptors (Lipinski definition) is 6. The van der Waals surface area contributed by atoms with E-state index < -0.39 is 5.97 Å². The maximum absolute atomic E-state index is 12.4. The van der Waals surface area contributed by atoms with Gasteiger partial charge in [0.05, 0.1) is 27.4 Å². The van der Waals surface area contributed by atoms with Crippen LogP contribution >= 0.6 is 0 Å². The van der Waals surface area contributed by atoms with Crippen molar-refractivity contribution in [1.29, 1.82) is 0 Å². The van der Waals surface area contributed by atoms with Crippen LogP contribution in [0.5, 0.6) is 11.5 Å². The first-order valence-corrected chi connectivity index (χ1v) is 8.64. The van der Waals surface area contributed by atoms with Crippen LogP contribution in [-0.2, 0) is 27.3 Å². The average Bonchev–Trinajstić information content (AvgIpc) is 2.68. The normalized spacial score (nSPS) is 10.3. The molecule has 144 valence electrons. The summed E-state index contributed by atoms with van der Waals surface area (Å²) in [4.78, 5) is 24.7. The van der Waals surface area contributed by atoms with Gasteiger partial charge in [0.15, 0.2) is 5.78 Å². The smallest absolute Gasteiger partial charge is 0.342 e. The molecule has 0 N–H and O–H groups in total. The zero-order chi connectivity index (χ0) is 19.6. The zero-order valence-electron chi connectivity index (χ0n) is 15.8. The molecule has 6 nitrogen and oxygen atoms in total. The van der Waals surface area contributed by atoms with Gasteiger partial charge in [-0.25, -0.2) is 4.79 Å². The maximum atomic E-state index is 12.4. The standard InChI is InChI=1S/C21H24O6/c1-4-27-21(23)20-16(11-18(24-2)12-19(20)25-3)10-17(22)14-26-13-15-8-6-5-7-9-15/h5-9,11-12H,4,10,13-14H2,1-3H3. The Morgan fingerprint density at radius 1 is 1.00 bits per heavy atom. The number of Topliss-reactive ketones (excluding diaryl/α,β-unsaturated/α-hetero) is 1. The molecule has 0 saturated carbocycles. The summed E-state index contributed by atoms with van der Waals surface area (Å²) in [6, 6.07) is 12.8. The molecule has 0 fully saturated rings. The summed E-state index contributed by atoms with van der Waals surface area (Å²) >= 11 is 0. The lowest BCUT2D eigenvalue weighted by Crippen LogP contribution is -2.16. The Kier molecular flexibility index (Phi) is 7.82. The highest BCUT2D eigenvalue weighted by molar-refractivity contribution is 5.96. The molecule has 0 aliphatic heterocycles. The summed E-state index contributed by atoms with van der Waals surface area (Å²) in [5, 5.41) is 0. The van der Waals surface area contributed by atoms with Crippen molar-refractivity contribution in [1.82, 2.24) is 0 Å². The fraction of sp³-hybridized carbons (Fsp3) is 0.333. The number of carbonyl (C=O) groups excluding carboxylic acids is 2. The highest BCUT2D eigenvalue weighted by Gasteiger charge is 2.22. The highest BCUT2D eigenvalue weighted by atomic mass is 16.5. The number of methoxy groups -OCH3 is 2. The molecule has 0 heterocycles. The van der Waals surface area contributed by atoms with Crippen molar-refractivity contribution in [3.63, 3.8) is 0 Å². The molecule has 0 amide bonds. The molecule has 0 spiro atoms. The lowest BCUT2D eigenvalue weighted by atomic mass is 10.0. The molecule has 0 aromatic heterocycles. The third-order valence-corrected chi connectivity index (χ3v) is 3.85. The predicted molar refractivity (Wildman–Crippen MR) is 100 cm³/mol. The molecule has 2 aromatic carbocycles. The van der Waals surface area contributed by atoms with Crippen LogP contribution in [0.4, 0.5) is 0 Å². The topological polar surface area (TPSA) is 71.1 Å². The average molecular weight is 372 g/mol. The van der Waals surface area contributed by atoms with Crippen molar-refractivity contribution in [2.24, 2.45) is 0 Å². The van der Waals surface area contributed by atoms with Gasteiger partial charge in [-0.2, -0.15) is 0 Å². The summed E-state index contributed by atoms with van der Waals surface area (Å²) in [5.41, 5.74) is 1.70. The Morgan fingerprint density at radius 2 is 1.74 bits per heavy atom. The monoisotopic (exact) mass is 372 g/mol. The van der Waals surface area contributed by atoms with E-state index >= 15 is 0 Å². The molecule has 0 bridgehead atoms. The second-order valence-corrected chi connectivity index (χ2v) is 5.78. The van der Waals surface area contributed by atoms with Crippen LogP contribution in [0.1, 0.15) is 28.4 Å². The van der Waals surface area contributed by atoms with Gasteiger partial charge in [-0.1, -0.05) is 30.3 Å². The van der Waals surface area contributed by atoms with E-state index in [2.05, 4.69) is 0 Å². The molecule has 6 heteroatoms. The van der Waals surface area contributed by atoms with Crippen molar-refractivity contribution in [3.05, 3.63) is 59.2 Å². The van der Waals surface area contributed by atoms with Crippen molar-refractivity contribution in [2.45, 2.75) is 20.0 Å². The number of carbonyl (C=O) groups is 2. The van der Waals surface area contributed by atoms with Crippen molar-refractivity contribution < 1.29 is 28.5 Å². The predicted octanol–water partition coefficient (Wildman–Crippen LogP) is 3.21. The lowest BCUT2D eigenvalue weighted by Gasteiger charge is -2.15. The van der Waals surface area contributed by atoms with E-state index in [4.69, 9.17) is 18.9 Å². The van der Waals surface area contributed by atoms with Crippen LogP contribution in [0.15, 0.2) is 42.5 Å². The number of hydrogen-bond donors (Lipinski definition) is 0.